The second-order valence-corrected chi connectivity index (χ2v) is 10.0. The number of carbonyl (C=O) groups is 1. The van der Waals surface area contributed by atoms with Gasteiger partial charge in [0.25, 0.3) is 5.24 Å². The number of nitrogens with one attached hydrogen (secondary N) is 2. The third-order valence-electron chi connectivity index (χ3n) is 6.39. The topological polar surface area (TPSA) is 87.0 Å². The Balaban J connectivity index is 1.73. The van der Waals surface area contributed by atoms with Crippen LogP contribution >= 0.6 is 11.8 Å². The quantitative estimate of drug-likeness (QED) is 0.470. The highest BCUT2D eigenvalue weighted by Crippen LogP contribution is 2.41. The van der Waals surface area contributed by atoms with Gasteiger partial charge in [0.2, 0.25) is 0 Å². The van der Waals surface area contributed by atoms with E-state index in [4.69, 9.17) is 14.9 Å². The van der Waals surface area contributed by atoms with E-state index in [1.54, 1.807) is 14.2 Å². The number of hydrazone groups is 1. The van der Waals surface area contributed by atoms with Crippen molar-refractivity contribution >= 4 is 34.2 Å². The summed E-state index contributed by atoms with van der Waals surface area (Å²) in [6.07, 6.45) is 1.74. The minimum Gasteiger partial charge on any atom is -0.493 e. The van der Waals surface area contributed by atoms with Gasteiger partial charge in [0, 0.05) is 17.8 Å². The molecule has 0 aromatic heterocycles. The minimum atomic E-state index is -0.113. The van der Waals surface area contributed by atoms with Gasteiger partial charge in [0.15, 0.2) is 11.5 Å². The Kier molecular flexibility index (Phi) is 6.38. The predicted molar refractivity (Wildman–Crippen MR) is 135 cm³/mol. The SMILES string of the molecule is CCC1SC(=O)NN=C1c1ccc2c(c1)C(C)(C)CCN2C(=N)c1ccc(OC)c(OC)c1. The minimum absolute atomic E-state index is 0.0321. The highest BCUT2D eigenvalue weighted by molar-refractivity contribution is 8.14. The standard InChI is InChI=1S/C25H30N4O3S/c1-6-21-22(27-28-24(30)33-21)15-7-9-18-17(13-15)25(2,3)11-12-29(18)23(26)16-8-10-19(31-4)20(14-16)32-5/h7-10,13-14,21,26H,6,11-12H2,1-5H3,(H,28,30). The summed E-state index contributed by atoms with van der Waals surface area (Å²) in [6.45, 7) is 7.30. The molecule has 0 saturated carbocycles. The Morgan fingerprint density at radius 3 is 2.67 bits per heavy atom. The van der Waals surface area contributed by atoms with Crippen LogP contribution in [0.2, 0.25) is 0 Å². The first-order valence-corrected chi connectivity index (χ1v) is 11.9. The number of hydrogen-bond donors (Lipinski definition) is 2. The maximum Gasteiger partial charge on any atom is 0.299 e. The average molecular weight is 467 g/mol. The van der Waals surface area contributed by atoms with E-state index in [-0.39, 0.29) is 15.9 Å². The molecular weight excluding hydrogens is 436 g/mol. The van der Waals surface area contributed by atoms with Gasteiger partial charge in [-0.1, -0.05) is 38.6 Å². The monoisotopic (exact) mass is 466 g/mol. The number of fused-ring (bicyclic) bond motifs is 1. The molecule has 2 aliphatic heterocycles. The lowest BCUT2D eigenvalue weighted by Gasteiger charge is -2.40. The smallest absolute Gasteiger partial charge is 0.299 e. The molecule has 0 radical (unpaired) electrons. The van der Waals surface area contributed by atoms with E-state index in [0.717, 1.165) is 41.9 Å². The van der Waals surface area contributed by atoms with E-state index in [2.05, 4.69) is 54.4 Å². The molecule has 0 aliphatic carbocycles. The number of carbonyl (C=O) groups excluding carboxylic acids is 1. The van der Waals surface area contributed by atoms with Crippen molar-refractivity contribution in [1.29, 1.82) is 5.41 Å². The zero-order valence-corrected chi connectivity index (χ0v) is 20.5. The van der Waals surface area contributed by atoms with Crippen LogP contribution in [0, 0.1) is 5.41 Å². The molecule has 1 amide bonds. The van der Waals surface area contributed by atoms with Gasteiger partial charge in [0.1, 0.15) is 5.84 Å². The average Bonchev–Trinajstić information content (AvgIpc) is 2.83. The molecule has 2 aromatic carbocycles. The van der Waals surface area contributed by atoms with E-state index >= 15 is 0 Å². The number of thioether (sulfide) groups is 1. The van der Waals surface area contributed by atoms with Crippen molar-refractivity contribution < 1.29 is 14.3 Å². The number of nitrogens with zero attached hydrogens (tertiary/aromatic N) is 2. The Morgan fingerprint density at radius 1 is 1.21 bits per heavy atom. The Labute approximate surface area is 199 Å². The van der Waals surface area contributed by atoms with Crippen molar-refractivity contribution in [3.8, 4) is 11.5 Å². The number of anilines is 1. The van der Waals surface area contributed by atoms with Gasteiger partial charge in [-0.3, -0.25) is 10.2 Å². The highest BCUT2D eigenvalue weighted by atomic mass is 32.2. The van der Waals surface area contributed by atoms with Gasteiger partial charge >= 0.3 is 0 Å². The van der Waals surface area contributed by atoms with Crippen LogP contribution in [0.25, 0.3) is 0 Å². The van der Waals surface area contributed by atoms with Gasteiger partial charge in [0.05, 0.1) is 25.2 Å². The molecule has 0 fully saturated rings. The number of ether oxygens (including phenoxy) is 2. The fraction of sp³-hybridized carbons (Fsp3) is 0.400. The van der Waals surface area contributed by atoms with E-state index in [1.807, 2.05) is 18.2 Å². The molecule has 4 rings (SSSR count). The van der Waals surface area contributed by atoms with Crippen LogP contribution in [0.5, 0.6) is 11.5 Å². The fourth-order valence-corrected chi connectivity index (χ4v) is 5.23. The second-order valence-electron chi connectivity index (χ2n) is 8.85. The first-order valence-electron chi connectivity index (χ1n) is 11.1. The lowest BCUT2D eigenvalue weighted by molar-refractivity contribution is 0.260. The van der Waals surface area contributed by atoms with Crippen molar-refractivity contribution in [2.75, 3.05) is 25.7 Å². The summed E-state index contributed by atoms with van der Waals surface area (Å²) in [4.78, 5) is 13.8. The molecule has 2 heterocycles. The molecule has 174 valence electrons. The maximum atomic E-state index is 11.8. The maximum absolute atomic E-state index is 11.8. The summed E-state index contributed by atoms with van der Waals surface area (Å²) in [5.41, 5.74) is 7.44. The normalized spacial score (nSPS) is 19.3. The molecular formula is C25H30N4O3S. The van der Waals surface area contributed by atoms with Gasteiger partial charge in [-0.25, -0.2) is 5.43 Å². The summed E-state index contributed by atoms with van der Waals surface area (Å²) >= 11 is 1.29. The number of amides is 1. The van der Waals surface area contributed by atoms with E-state index in [0.29, 0.717) is 17.3 Å². The fourth-order valence-electron chi connectivity index (χ4n) is 4.41. The summed E-state index contributed by atoms with van der Waals surface area (Å²) in [6, 6.07) is 11.9. The first kappa shape index (κ1) is 23.2. The van der Waals surface area contributed by atoms with Crippen molar-refractivity contribution in [1.82, 2.24) is 5.43 Å². The largest absolute Gasteiger partial charge is 0.493 e. The molecule has 2 N–H and O–H groups in total. The lowest BCUT2D eigenvalue weighted by atomic mass is 9.76. The van der Waals surface area contributed by atoms with Crippen molar-refractivity contribution in [3.63, 3.8) is 0 Å². The summed E-state index contributed by atoms with van der Waals surface area (Å²) in [7, 11) is 3.21. The number of amidine groups is 1. The zero-order valence-electron chi connectivity index (χ0n) is 19.7. The zero-order chi connectivity index (χ0) is 23.8. The molecule has 7 nitrogen and oxygen atoms in total. The molecule has 2 aliphatic rings. The van der Waals surface area contributed by atoms with Gasteiger partial charge < -0.3 is 14.4 Å². The van der Waals surface area contributed by atoms with E-state index in [9.17, 15) is 4.79 Å². The number of hydrogen-bond acceptors (Lipinski definition) is 6. The highest BCUT2D eigenvalue weighted by Gasteiger charge is 2.34. The van der Waals surface area contributed by atoms with Crippen LogP contribution in [0.4, 0.5) is 10.5 Å². The van der Waals surface area contributed by atoms with Gasteiger partial charge in [-0.05, 0) is 59.7 Å². The number of methoxy groups -OCH3 is 2. The van der Waals surface area contributed by atoms with E-state index in [1.165, 1.54) is 17.3 Å². The van der Waals surface area contributed by atoms with Crippen molar-refractivity contribution in [2.45, 2.75) is 44.3 Å². The summed E-state index contributed by atoms with van der Waals surface area (Å²) in [5.74, 6) is 1.67. The Hall–Kier alpha value is -3.00. The molecule has 0 bridgehead atoms. The van der Waals surface area contributed by atoms with Crippen molar-refractivity contribution in [2.24, 2.45) is 5.10 Å². The number of benzene rings is 2. The number of rotatable bonds is 5. The Bertz CT molecular complexity index is 1130. The predicted octanol–water partition coefficient (Wildman–Crippen LogP) is 5.16. The van der Waals surface area contributed by atoms with Gasteiger partial charge in [-0.2, -0.15) is 5.10 Å². The van der Waals surface area contributed by atoms with E-state index < -0.39 is 0 Å². The molecule has 8 heteroatoms. The molecule has 0 spiro atoms. The molecule has 1 unspecified atom stereocenters. The molecule has 1 atom stereocenters. The summed E-state index contributed by atoms with van der Waals surface area (Å²) in [5, 5.41) is 13.3. The molecule has 0 saturated heterocycles. The van der Waals surface area contributed by atoms with Crippen LogP contribution in [-0.2, 0) is 5.41 Å². The Morgan fingerprint density at radius 2 is 1.97 bits per heavy atom. The molecule has 2 aromatic rings. The van der Waals surface area contributed by atoms with Crippen LogP contribution in [0.3, 0.4) is 0 Å². The second kappa shape index (κ2) is 9.09. The third kappa shape index (κ3) is 4.31. The van der Waals surface area contributed by atoms with Crippen LogP contribution < -0.4 is 19.8 Å². The van der Waals surface area contributed by atoms with Crippen LogP contribution in [0.1, 0.15) is 50.3 Å². The van der Waals surface area contributed by atoms with Crippen LogP contribution in [0.15, 0.2) is 41.5 Å². The summed E-state index contributed by atoms with van der Waals surface area (Å²) < 4.78 is 10.8. The first-order chi connectivity index (χ1) is 15.8. The molecule has 33 heavy (non-hydrogen) atoms. The van der Waals surface area contributed by atoms with Crippen molar-refractivity contribution in [3.05, 3.63) is 53.1 Å². The lowest BCUT2D eigenvalue weighted by Crippen LogP contribution is -2.41. The third-order valence-corrected chi connectivity index (χ3v) is 7.54. The van der Waals surface area contributed by atoms with Crippen LogP contribution in [-0.4, -0.2) is 42.8 Å². The van der Waals surface area contributed by atoms with Gasteiger partial charge in [-0.15, -0.1) is 0 Å².